The number of nitro groups is 1. The molecule has 2 aromatic carbocycles. The van der Waals surface area contributed by atoms with E-state index in [-0.39, 0.29) is 29.6 Å². The number of nitrogens with zero attached hydrogens (tertiary/aromatic N) is 5. The molecule has 2 aromatic heterocycles. The zero-order valence-corrected chi connectivity index (χ0v) is 19.5. The number of aryl methyl sites for hydroxylation is 1. The van der Waals surface area contributed by atoms with Crippen LogP contribution in [0.25, 0.3) is 11.0 Å². The topological polar surface area (TPSA) is 155 Å². The van der Waals surface area contributed by atoms with Crippen LogP contribution < -0.4 is 15.7 Å². The molecule has 1 amide bonds. The quantitative estimate of drug-likeness (QED) is 0.213. The van der Waals surface area contributed by atoms with E-state index >= 15 is 0 Å². The predicted octanol–water partition coefficient (Wildman–Crippen LogP) is 2.74. The number of fused-ring (bicyclic) bond motifs is 1. The fraction of sp³-hybridized carbons (Fsp3) is 0.208. The number of hydrogen-bond acceptors (Lipinski definition) is 9. The predicted molar refractivity (Wildman–Crippen MR) is 130 cm³/mol. The van der Waals surface area contributed by atoms with Gasteiger partial charge in [0.2, 0.25) is 0 Å². The molecule has 0 bridgehead atoms. The number of ether oxygens (including phenoxy) is 1. The van der Waals surface area contributed by atoms with Crippen molar-refractivity contribution in [3.8, 4) is 5.75 Å². The van der Waals surface area contributed by atoms with Crippen LogP contribution in [0.15, 0.2) is 62.9 Å². The van der Waals surface area contributed by atoms with E-state index in [4.69, 9.17) is 9.26 Å². The summed E-state index contributed by atoms with van der Waals surface area (Å²) in [6.07, 6.45) is 1.68. The van der Waals surface area contributed by atoms with Gasteiger partial charge in [-0.3, -0.25) is 19.7 Å². The molecule has 0 saturated carbocycles. The summed E-state index contributed by atoms with van der Waals surface area (Å²) in [5.74, 6) is 0.176. The molecule has 0 unspecified atom stereocenters. The molecule has 0 atom stereocenters. The van der Waals surface area contributed by atoms with Gasteiger partial charge in [0, 0.05) is 18.6 Å². The third-order valence-electron chi connectivity index (χ3n) is 5.22. The number of aromatic nitrogens is 3. The van der Waals surface area contributed by atoms with Gasteiger partial charge in [0.25, 0.3) is 17.2 Å². The molecule has 0 aliphatic carbocycles. The molecule has 0 fully saturated rings. The average Bonchev–Trinajstić information content (AvgIpc) is 3.25. The monoisotopic (exact) mass is 490 g/mol. The highest BCUT2D eigenvalue weighted by molar-refractivity contribution is 5.83. The molecule has 12 heteroatoms. The Bertz CT molecular complexity index is 1490. The van der Waals surface area contributed by atoms with Gasteiger partial charge in [-0.2, -0.15) is 10.2 Å². The minimum Gasteiger partial charge on any atom is -0.494 e. The van der Waals surface area contributed by atoms with E-state index in [0.29, 0.717) is 23.6 Å². The summed E-state index contributed by atoms with van der Waals surface area (Å²) in [5, 5.41) is 23.2. The van der Waals surface area contributed by atoms with Crippen LogP contribution in [0, 0.1) is 17.0 Å². The van der Waals surface area contributed by atoms with Gasteiger partial charge in [-0.1, -0.05) is 17.3 Å². The van der Waals surface area contributed by atoms with Crippen molar-refractivity contribution in [2.45, 2.75) is 26.8 Å². The number of hydrazone groups is 1. The van der Waals surface area contributed by atoms with Gasteiger partial charge in [0.05, 0.1) is 23.4 Å². The lowest BCUT2D eigenvalue weighted by Crippen LogP contribution is -2.32. The second-order valence-electron chi connectivity index (χ2n) is 7.78. The summed E-state index contributed by atoms with van der Waals surface area (Å²) in [6, 6.07) is 13.1. The number of benzene rings is 2. The van der Waals surface area contributed by atoms with Crippen molar-refractivity contribution in [1.29, 1.82) is 0 Å². The van der Waals surface area contributed by atoms with Crippen LogP contribution in [0.5, 0.6) is 5.75 Å². The molecule has 4 rings (SSSR count). The minimum absolute atomic E-state index is 0.0419. The molecule has 2 heterocycles. The van der Waals surface area contributed by atoms with E-state index in [1.54, 1.807) is 43.3 Å². The van der Waals surface area contributed by atoms with E-state index in [9.17, 15) is 19.7 Å². The van der Waals surface area contributed by atoms with Crippen LogP contribution in [-0.4, -0.2) is 38.6 Å². The van der Waals surface area contributed by atoms with Crippen molar-refractivity contribution in [3.05, 3.63) is 91.5 Å². The molecule has 12 nitrogen and oxygen atoms in total. The summed E-state index contributed by atoms with van der Waals surface area (Å²) in [4.78, 5) is 35.8. The number of carbonyl (C=O) groups excluding carboxylic acids is 1. The van der Waals surface area contributed by atoms with Gasteiger partial charge in [0.15, 0.2) is 5.58 Å². The van der Waals surface area contributed by atoms with Gasteiger partial charge in [-0.05, 0) is 49.2 Å². The number of nitro benzene ring substituents is 1. The fourth-order valence-electron chi connectivity index (χ4n) is 3.50. The highest BCUT2D eigenvalue weighted by Crippen LogP contribution is 2.21. The van der Waals surface area contributed by atoms with Crippen molar-refractivity contribution in [2.24, 2.45) is 5.10 Å². The van der Waals surface area contributed by atoms with Gasteiger partial charge in [-0.25, -0.2) is 10.1 Å². The van der Waals surface area contributed by atoms with E-state index in [1.165, 1.54) is 18.3 Å². The largest absolute Gasteiger partial charge is 0.494 e. The first kappa shape index (κ1) is 24.3. The maximum Gasteiger partial charge on any atom is 0.280 e. The van der Waals surface area contributed by atoms with Gasteiger partial charge in [0.1, 0.15) is 23.4 Å². The first-order valence-electron chi connectivity index (χ1n) is 11.0. The first-order valence-corrected chi connectivity index (χ1v) is 11.0. The van der Waals surface area contributed by atoms with Gasteiger partial charge in [-0.15, -0.1) is 0 Å². The molecule has 0 aliphatic heterocycles. The molecule has 4 aromatic rings. The maximum atomic E-state index is 12.9. The third-order valence-corrected chi connectivity index (χ3v) is 5.22. The molecule has 1 N–H and O–H groups in total. The number of hydrogen-bond donors (Lipinski definition) is 1. The normalized spacial score (nSPS) is 11.2. The molecule has 0 radical (unpaired) electrons. The van der Waals surface area contributed by atoms with Crippen LogP contribution in [0.4, 0.5) is 5.69 Å². The Kier molecular flexibility index (Phi) is 7.14. The number of amides is 1. The molecular formula is C24H22N6O6. The van der Waals surface area contributed by atoms with Crippen molar-refractivity contribution >= 4 is 28.8 Å². The maximum absolute atomic E-state index is 12.9. The summed E-state index contributed by atoms with van der Waals surface area (Å²) >= 11 is 0. The Hall–Kier alpha value is -4.87. The highest BCUT2D eigenvalue weighted by Gasteiger charge is 2.19. The van der Waals surface area contributed by atoms with E-state index in [1.807, 2.05) is 6.92 Å². The smallest absolute Gasteiger partial charge is 0.280 e. The van der Waals surface area contributed by atoms with E-state index < -0.39 is 16.4 Å². The Labute approximate surface area is 204 Å². The lowest BCUT2D eigenvalue weighted by atomic mass is 10.1. The molecule has 0 aliphatic rings. The molecule has 0 spiro atoms. The van der Waals surface area contributed by atoms with Crippen molar-refractivity contribution in [3.63, 3.8) is 0 Å². The van der Waals surface area contributed by atoms with Crippen molar-refractivity contribution in [1.82, 2.24) is 20.4 Å². The second kappa shape index (κ2) is 10.6. The first-order chi connectivity index (χ1) is 17.4. The third kappa shape index (κ3) is 5.43. The summed E-state index contributed by atoms with van der Waals surface area (Å²) in [5.41, 5.74) is 4.22. The number of non-ortho nitro benzene ring substituents is 1. The number of carbonyl (C=O) groups is 1. The van der Waals surface area contributed by atoms with Crippen LogP contribution >= 0.6 is 0 Å². The highest BCUT2D eigenvalue weighted by atomic mass is 16.6. The average molecular weight is 490 g/mol. The van der Waals surface area contributed by atoms with Gasteiger partial charge >= 0.3 is 0 Å². The summed E-state index contributed by atoms with van der Waals surface area (Å²) in [6.45, 7) is 3.69. The standard InChI is InChI=1S/C24H22N6O6/c1-3-35-19-10-6-17(7-11-19)13-25-26-21(31)14-29-24(32)22-15(2)28-36-23(22)20(27-29)12-16-4-8-18(9-5-16)30(33)34/h4-11,13H,3,12,14H2,1-2H3,(H,26,31)/b25-13+. The Morgan fingerprint density at radius 2 is 1.94 bits per heavy atom. The second-order valence-corrected chi connectivity index (χ2v) is 7.78. The zero-order valence-electron chi connectivity index (χ0n) is 19.5. The molecular weight excluding hydrogens is 468 g/mol. The Balaban J connectivity index is 1.52. The lowest BCUT2D eigenvalue weighted by molar-refractivity contribution is -0.384. The van der Waals surface area contributed by atoms with Crippen LogP contribution in [-0.2, 0) is 17.8 Å². The van der Waals surface area contributed by atoms with Crippen LogP contribution in [0.1, 0.15) is 29.4 Å². The molecule has 0 saturated heterocycles. The van der Waals surface area contributed by atoms with Gasteiger partial charge < -0.3 is 9.26 Å². The SMILES string of the molecule is CCOc1ccc(/C=N/NC(=O)Cn2nc(Cc3ccc([N+](=O)[O-])cc3)c3onc(C)c3c2=O)cc1. The number of nitrogens with one attached hydrogen (secondary N) is 1. The van der Waals surface area contributed by atoms with E-state index in [0.717, 1.165) is 16.0 Å². The van der Waals surface area contributed by atoms with Crippen molar-refractivity contribution < 1.29 is 19.0 Å². The fourth-order valence-corrected chi connectivity index (χ4v) is 3.50. The molecule has 184 valence electrons. The number of rotatable bonds is 9. The van der Waals surface area contributed by atoms with Crippen LogP contribution in [0.2, 0.25) is 0 Å². The van der Waals surface area contributed by atoms with Crippen molar-refractivity contribution in [2.75, 3.05) is 6.61 Å². The summed E-state index contributed by atoms with van der Waals surface area (Å²) in [7, 11) is 0. The zero-order chi connectivity index (χ0) is 25.7. The van der Waals surface area contributed by atoms with E-state index in [2.05, 4.69) is 20.8 Å². The molecule has 36 heavy (non-hydrogen) atoms. The summed E-state index contributed by atoms with van der Waals surface area (Å²) < 4.78 is 11.7. The lowest BCUT2D eigenvalue weighted by Gasteiger charge is -2.08. The Morgan fingerprint density at radius 1 is 1.22 bits per heavy atom. The Morgan fingerprint density at radius 3 is 2.61 bits per heavy atom. The minimum atomic E-state index is -0.554. The van der Waals surface area contributed by atoms with Crippen LogP contribution in [0.3, 0.4) is 0 Å².